The van der Waals surface area contributed by atoms with Gasteiger partial charge in [0.2, 0.25) is 0 Å². The van der Waals surface area contributed by atoms with E-state index in [4.69, 9.17) is 4.74 Å². The number of benzene rings is 1. The SMILES string of the molecule is CCC(CC)N1CCC2(CC1)CN(C(=O)c1ccc(CN(Cc3ncc[nH]3)Cc3nccn3C)cc1)CCO2. The lowest BCUT2D eigenvalue weighted by atomic mass is 9.88. The number of rotatable bonds is 10. The summed E-state index contributed by atoms with van der Waals surface area (Å²) in [5, 5.41) is 0. The molecule has 1 N–H and O–H groups in total. The Morgan fingerprint density at radius 1 is 1.05 bits per heavy atom. The van der Waals surface area contributed by atoms with Crippen LogP contribution in [-0.2, 0) is 31.4 Å². The van der Waals surface area contributed by atoms with E-state index in [-0.39, 0.29) is 11.5 Å². The van der Waals surface area contributed by atoms with Crippen LogP contribution in [0.3, 0.4) is 0 Å². The quantitative estimate of drug-likeness (QED) is 0.427. The van der Waals surface area contributed by atoms with Gasteiger partial charge in [-0.25, -0.2) is 9.97 Å². The Kier molecular flexibility index (Phi) is 8.79. The summed E-state index contributed by atoms with van der Waals surface area (Å²) in [5.41, 5.74) is 1.69. The Morgan fingerprint density at radius 3 is 2.46 bits per heavy atom. The Balaban J connectivity index is 1.21. The van der Waals surface area contributed by atoms with Gasteiger partial charge < -0.3 is 24.1 Å². The molecule has 1 spiro atoms. The molecule has 0 saturated carbocycles. The van der Waals surface area contributed by atoms with Gasteiger partial charge >= 0.3 is 0 Å². The molecule has 9 nitrogen and oxygen atoms in total. The second-order valence-corrected chi connectivity index (χ2v) is 11.1. The lowest BCUT2D eigenvalue weighted by Gasteiger charge is -2.48. The summed E-state index contributed by atoms with van der Waals surface area (Å²) >= 11 is 0. The minimum absolute atomic E-state index is 0.104. The van der Waals surface area contributed by atoms with Crippen molar-refractivity contribution in [3.05, 3.63) is 71.8 Å². The maximum Gasteiger partial charge on any atom is 0.254 e. The highest BCUT2D eigenvalue weighted by Gasteiger charge is 2.41. The summed E-state index contributed by atoms with van der Waals surface area (Å²) in [6.45, 7) is 10.7. The average Bonchev–Trinajstić information content (AvgIpc) is 3.62. The molecular weight excluding hydrogens is 490 g/mol. The van der Waals surface area contributed by atoms with Crippen molar-refractivity contribution in [1.82, 2.24) is 34.2 Å². The Labute approximate surface area is 232 Å². The third kappa shape index (κ3) is 6.59. The maximum absolute atomic E-state index is 13.5. The Bertz CT molecular complexity index is 1180. The van der Waals surface area contributed by atoms with Crippen LogP contribution in [-0.4, -0.2) is 84.6 Å². The lowest BCUT2D eigenvalue weighted by Crippen LogP contribution is -2.58. The molecule has 210 valence electrons. The number of piperidine rings is 1. The van der Waals surface area contributed by atoms with Crippen molar-refractivity contribution in [3.63, 3.8) is 0 Å². The van der Waals surface area contributed by atoms with Crippen LogP contribution in [0.1, 0.15) is 67.1 Å². The van der Waals surface area contributed by atoms with E-state index in [1.807, 2.05) is 47.2 Å². The molecule has 2 aromatic heterocycles. The number of likely N-dealkylation sites (tertiary alicyclic amines) is 1. The monoisotopic (exact) mass is 533 g/mol. The molecule has 5 rings (SSSR count). The summed E-state index contributed by atoms with van der Waals surface area (Å²) in [7, 11) is 2.01. The minimum Gasteiger partial charge on any atom is -0.371 e. The third-order valence-corrected chi connectivity index (χ3v) is 8.53. The molecule has 2 fully saturated rings. The summed E-state index contributed by atoms with van der Waals surface area (Å²) < 4.78 is 8.38. The smallest absolute Gasteiger partial charge is 0.254 e. The number of H-pyrrole nitrogens is 1. The van der Waals surface area contributed by atoms with Crippen LogP contribution in [0.4, 0.5) is 0 Å². The first-order chi connectivity index (χ1) is 19.0. The van der Waals surface area contributed by atoms with Gasteiger partial charge in [0.1, 0.15) is 11.6 Å². The fourth-order valence-electron chi connectivity index (χ4n) is 6.13. The number of morpholine rings is 1. The highest BCUT2D eigenvalue weighted by atomic mass is 16.5. The molecule has 2 aliphatic heterocycles. The molecule has 0 atom stereocenters. The zero-order chi connectivity index (χ0) is 27.2. The van der Waals surface area contributed by atoms with Crippen LogP contribution < -0.4 is 0 Å². The molecule has 3 aromatic rings. The average molecular weight is 534 g/mol. The van der Waals surface area contributed by atoms with Gasteiger partial charge in [-0.15, -0.1) is 0 Å². The van der Waals surface area contributed by atoms with Crippen molar-refractivity contribution in [2.24, 2.45) is 7.05 Å². The number of carbonyl (C=O) groups excluding carboxylic acids is 1. The van der Waals surface area contributed by atoms with Crippen molar-refractivity contribution in [2.75, 3.05) is 32.8 Å². The molecule has 39 heavy (non-hydrogen) atoms. The number of amides is 1. The molecule has 0 unspecified atom stereocenters. The van der Waals surface area contributed by atoms with E-state index in [1.165, 1.54) is 12.8 Å². The maximum atomic E-state index is 13.5. The second kappa shape index (κ2) is 12.4. The minimum atomic E-state index is -0.201. The van der Waals surface area contributed by atoms with E-state index in [0.717, 1.165) is 55.3 Å². The summed E-state index contributed by atoms with van der Waals surface area (Å²) in [5.74, 6) is 2.02. The number of aryl methyl sites for hydroxylation is 1. The van der Waals surface area contributed by atoms with Crippen LogP contribution >= 0.6 is 0 Å². The number of ether oxygens (including phenoxy) is 1. The first-order valence-corrected chi connectivity index (χ1v) is 14.4. The van der Waals surface area contributed by atoms with Crippen LogP contribution in [0.5, 0.6) is 0 Å². The van der Waals surface area contributed by atoms with E-state index in [2.05, 4.69) is 50.7 Å². The number of nitrogens with one attached hydrogen (secondary N) is 1. The number of hydrogen-bond donors (Lipinski definition) is 1. The van der Waals surface area contributed by atoms with E-state index in [1.54, 1.807) is 6.20 Å². The molecule has 0 bridgehead atoms. The molecule has 0 aliphatic carbocycles. The predicted molar refractivity (Wildman–Crippen MR) is 151 cm³/mol. The number of hydrogen-bond acceptors (Lipinski definition) is 6. The van der Waals surface area contributed by atoms with E-state index in [0.29, 0.717) is 38.8 Å². The second-order valence-electron chi connectivity index (χ2n) is 11.1. The Hall–Kier alpha value is -3.01. The summed E-state index contributed by atoms with van der Waals surface area (Å²) in [4.78, 5) is 32.5. The van der Waals surface area contributed by atoms with E-state index < -0.39 is 0 Å². The molecule has 9 heteroatoms. The summed E-state index contributed by atoms with van der Waals surface area (Å²) in [6.07, 6.45) is 11.8. The third-order valence-electron chi connectivity index (χ3n) is 8.53. The number of nitrogens with zero attached hydrogens (tertiary/aromatic N) is 6. The van der Waals surface area contributed by atoms with Gasteiger partial charge in [0.25, 0.3) is 5.91 Å². The summed E-state index contributed by atoms with van der Waals surface area (Å²) in [6, 6.07) is 8.75. The van der Waals surface area contributed by atoms with Crippen molar-refractivity contribution in [2.45, 2.75) is 70.8 Å². The fraction of sp³-hybridized carbons (Fsp3) is 0.567. The highest BCUT2D eigenvalue weighted by molar-refractivity contribution is 5.94. The van der Waals surface area contributed by atoms with Gasteiger partial charge in [0.05, 0.1) is 31.8 Å². The largest absolute Gasteiger partial charge is 0.371 e. The first-order valence-electron chi connectivity index (χ1n) is 14.4. The fourth-order valence-corrected chi connectivity index (χ4v) is 6.13. The van der Waals surface area contributed by atoms with Gasteiger partial charge in [0, 0.05) is 69.6 Å². The number of imidazole rings is 2. The van der Waals surface area contributed by atoms with E-state index in [9.17, 15) is 4.79 Å². The van der Waals surface area contributed by atoms with Crippen molar-refractivity contribution in [3.8, 4) is 0 Å². The molecule has 2 saturated heterocycles. The van der Waals surface area contributed by atoms with Gasteiger partial charge in [-0.2, -0.15) is 0 Å². The van der Waals surface area contributed by atoms with Gasteiger partial charge in [-0.05, 0) is 43.4 Å². The van der Waals surface area contributed by atoms with Crippen LogP contribution in [0.2, 0.25) is 0 Å². The van der Waals surface area contributed by atoms with Crippen LogP contribution in [0.25, 0.3) is 0 Å². The van der Waals surface area contributed by atoms with Gasteiger partial charge in [0.15, 0.2) is 0 Å². The lowest BCUT2D eigenvalue weighted by molar-refractivity contribution is -0.130. The topological polar surface area (TPSA) is 82.5 Å². The number of aromatic nitrogens is 4. The first kappa shape index (κ1) is 27.6. The van der Waals surface area contributed by atoms with E-state index >= 15 is 0 Å². The van der Waals surface area contributed by atoms with Crippen molar-refractivity contribution in [1.29, 1.82) is 0 Å². The Morgan fingerprint density at radius 2 is 1.82 bits per heavy atom. The number of carbonyl (C=O) groups is 1. The molecule has 1 aromatic carbocycles. The van der Waals surface area contributed by atoms with Crippen molar-refractivity contribution < 1.29 is 9.53 Å². The molecule has 1 amide bonds. The molecular formula is C30H43N7O2. The van der Waals surface area contributed by atoms with Crippen LogP contribution in [0, 0.1) is 0 Å². The van der Waals surface area contributed by atoms with Crippen LogP contribution in [0.15, 0.2) is 49.1 Å². The molecule has 2 aliphatic rings. The zero-order valence-corrected chi connectivity index (χ0v) is 23.7. The standard InChI is InChI=1S/C30H43N7O2/c1-4-26(5-2)36-15-10-30(11-16-36)23-37(18-19-39-30)29(38)25-8-6-24(7-9-25)20-35(21-27-31-12-13-32-27)22-28-33-14-17-34(28)3/h6-9,12-14,17,26H,4-5,10-11,15-16,18-23H2,1-3H3,(H,31,32). The molecule has 4 heterocycles. The highest BCUT2D eigenvalue weighted by Crippen LogP contribution is 2.32. The van der Waals surface area contributed by atoms with Gasteiger partial charge in [-0.1, -0.05) is 26.0 Å². The number of aromatic amines is 1. The van der Waals surface area contributed by atoms with Gasteiger partial charge in [-0.3, -0.25) is 9.69 Å². The predicted octanol–water partition coefficient (Wildman–Crippen LogP) is 3.84. The molecule has 0 radical (unpaired) electrons. The zero-order valence-electron chi connectivity index (χ0n) is 23.7. The normalized spacial score (nSPS) is 17.9. The van der Waals surface area contributed by atoms with Crippen molar-refractivity contribution >= 4 is 5.91 Å².